The molecular formula is C9H10N2. The van der Waals surface area contributed by atoms with Gasteiger partial charge in [0, 0.05) is 11.6 Å². The summed E-state index contributed by atoms with van der Waals surface area (Å²) in [5, 5.41) is 1.17. The van der Waals surface area contributed by atoms with Gasteiger partial charge in [0.15, 0.2) is 0 Å². The Bertz CT molecular complexity index is 387. The second kappa shape index (κ2) is 2.02. The Balaban J connectivity index is 2.93. The van der Waals surface area contributed by atoms with Crippen molar-refractivity contribution in [2.75, 3.05) is 5.73 Å². The lowest BCUT2D eigenvalue weighted by Crippen LogP contribution is -1.89. The van der Waals surface area contributed by atoms with Crippen molar-refractivity contribution < 1.29 is 0 Å². The Morgan fingerprint density at radius 1 is 1.27 bits per heavy atom. The van der Waals surface area contributed by atoms with Crippen LogP contribution in [0.2, 0.25) is 0 Å². The molecule has 0 amide bonds. The Kier molecular flexibility index (Phi) is 1.15. The lowest BCUT2D eigenvalue weighted by atomic mass is 10.1. The summed E-state index contributed by atoms with van der Waals surface area (Å²) in [6, 6.07) is 6.12. The molecule has 1 aromatic carbocycles. The summed E-state index contributed by atoms with van der Waals surface area (Å²) in [7, 11) is 0. The molecule has 0 aliphatic heterocycles. The van der Waals surface area contributed by atoms with E-state index in [0.29, 0.717) is 0 Å². The molecule has 0 bridgehead atoms. The van der Waals surface area contributed by atoms with Gasteiger partial charge in [-0.3, -0.25) is 0 Å². The molecule has 0 spiro atoms. The second-order valence-corrected chi connectivity index (χ2v) is 2.74. The van der Waals surface area contributed by atoms with E-state index in [2.05, 4.69) is 11.1 Å². The zero-order valence-electron chi connectivity index (χ0n) is 6.39. The zero-order valence-corrected chi connectivity index (χ0v) is 6.39. The highest BCUT2D eigenvalue weighted by Gasteiger charge is 1.99. The Morgan fingerprint density at radius 2 is 2.09 bits per heavy atom. The lowest BCUT2D eigenvalue weighted by Gasteiger charge is -1.99. The van der Waals surface area contributed by atoms with Gasteiger partial charge >= 0.3 is 0 Å². The van der Waals surface area contributed by atoms with E-state index in [1.165, 1.54) is 5.39 Å². The van der Waals surface area contributed by atoms with Gasteiger partial charge in [-0.2, -0.15) is 0 Å². The summed E-state index contributed by atoms with van der Waals surface area (Å²) in [5.41, 5.74) is 8.86. The molecule has 0 atom stereocenters. The Hall–Kier alpha value is -1.44. The minimum atomic E-state index is 0.854. The fraction of sp³-hybridized carbons (Fsp3) is 0.111. The molecule has 0 unspecified atom stereocenters. The van der Waals surface area contributed by atoms with E-state index in [-0.39, 0.29) is 0 Å². The molecule has 2 nitrogen and oxygen atoms in total. The number of rotatable bonds is 0. The number of hydrogen-bond donors (Lipinski definition) is 2. The monoisotopic (exact) mass is 146 g/mol. The van der Waals surface area contributed by atoms with Crippen molar-refractivity contribution in [1.29, 1.82) is 0 Å². The summed E-state index contributed by atoms with van der Waals surface area (Å²) in [6.07, 6.45) is 1.90. The van der Waals surface area contributed by atoms with Crippen LogP contribution in [0.4, 0.5) is 5.69 Å². The molecule has 2 heteroatoms. The number of nitrogens with one attached hydrogen (secondary N) is 1. The van der Waals surface area contributed by atoms with Crippen LogP contribution < -0.4 is 5.73 Å². The highest BCUT2D eigenvalue weighted by atomic mass is 14.7. The Morgan fingerprint density at radius 3 is 2.91 bits per heavy atom. The van der Waals surface area contributed by atoms with E-state index in [0.717, 1.165) is 16.8 Å². The van der Waals surface area contributed by atoms with Crippen molar-refractivity contribution in [2.24, 2.45) is 0 Å². The maximum atomic E-state index is 5.83. The summed E-state index contributed by atoms with van der Waals surface area (Å²) in [5.74, 6) is 0. The van der Waals surface area contributed by atoms with E-state index in [4.69, 9.17) is 5.73 Å². The highest BCUT2D eigenvalue weighted by molar-refractivity contribution is 5.91. The van der Waals surface area contributed by atoms with Crippen molar-refractivity contribution in [1.82, 2.24) is 4.98 Å². The van der Waals surface area contributed by atoms with Crippen molar-refractivity contribution in [3.05, 3.63) is 30.0 Å². The molecule has 0 saturated carbocycles. The van der Waals surface area contributed by atoms with Crippen LogP contribution in [0, 0.1) is 6.92 Å². The van der Waals surface area contributed by atoms with Crippen LogP contribution in [0.1, 0.15) is 5.56 Å². The molecule has 0 aliphatic carbocycles. The number of aromatic amines is 1. The fourth-order valence-electron chi connectivity index (χ4n) is 1.26. The highest BCUT2D eigenvalue weighted by Crippen LogP contribution is 2.22. The zero-order chi connectivity index (χ0) is 7.84. The fourth-order valence-corrected chi connectivity index (χ4v) is 1.26. The minimum absolute atomic E-state index is 0.854. The average molecular weight is 146 g/mol. The molecule has 3 N–H and O–H groups in total. The van der Waals surface area contributed by atoms with Gasteiger partial charge in [-0.15, -0.1) is 0 Å². The molecule has 0 saturated heterocycles. The third-order valence-corrected chi connectivity index (χ3v) is 1.99. The number of benzene rings is 1. The van der Waals surface area contributed by atoms with Crippen molar-refractivity contribution in [2.45, 2.75) is 6.92 Å². The number of nitrogen functional groups attached to an aromatic ring is 1. The van der Waals surface area contributed by atoms with E-state index in [1.807, 2.05) is 25.3 Å². The summed E-state index contributed by atoms with van der Waals surface area (Å²) in [4.78, 5) is 3.10. The van der Waals surface area contributed by atoms with Gasteiger partial charge in [0.2, 0.25) is 0 Å². The largest absolute Gasteiger partial charge is 0.397 e. The molecule has 56 valence electrons. The number of anilines is 1. The first-order valence-electron chi connectivity index (χ1n) is 3.61. The van der Waals surface area contributed by atoms with Crippen LogP contribution >= 0.6 is 0 Å². The average Bonchev–Trinajstić information content (AvgIpc) is 2.45. The van der Waals surface area contributed by atoms with E-state index >= 15 is 0 Å². The summed E-state index contributed by atoms with van der Waals surface area (Å²) in [6.45, 7) is 2.01. The first-order chi connectivity index (χ1) is 5.29. The van der Waals surface area contributed by atoms with Gasteiger partial charge in [-0.1, -0.05) is 12.1 Å². The van der Waals surface area contributed by atoms with Crippen molar-refractivity contribution in [3.8, 4) is 0 Å². The summed E-state index contributed by atoms with van der Waals surface area (Å²) >= 11 is 0. The maximum absolute atomic E-state index is 5.83. The van der Waals surface area contributed by atoms with Gasteiger partial charge in [0.25, 0.3) is 0 Å². The topological polar surface area (TPSA) is 41.8 Å². The standard InChI is InChI=1S/C9H10N2/c1-6-2-3-7-4-5-11-9(7)8(6)10/h2-5,11H,10H2,1H3. The third-order valence-electron chi connectivity index (χ3n) is 1.99. The third kappa shape index (κ3) is 0.792. The first kappa shape index (κ1) is 6.28. The van der Waals surface area contributed by atoms with E-state index in [9.17, 15) is 0 Å². The van der Waals surface area contributed by atoms with Gasteiger partial charge < -0.3 is 10.7 Å². The molecule has 0 radical (unpaired) electrons. The number of hydrogen-bond acceptors (Lipinski definition) is 1. The molecule has 2 aromatic rings. The van der Waals surface area contributed by atoms with Crippen LogP contribution in [0.15, 0.2) is 24.4 Å². The number of aromatic nitrogens is 1. The van der Waals surface area contributed by atoms with Crippen LogP contribution in [0.5, 0.6) is 0 Å². The van der Waals surface area contributed by atoms with Crippen molar-refractivity contribution >= 4 is 16.6 Å². The van der Waals surface area contributed by atoms with Crippen LogP contribution in [0.3, 0.4) is 0 Å². The van der Waals surface area contributed by atoms with Gasteiger partial charge in [-0.25, -0.2) is 0 Å². The smallest absolute Gasteiger partial charge is 0.0690 e. The molecule has 11 heavy (non-hydrogen) atoms. The van der Waals surface area contributed by atoms with Crippen LogP contribution in [0.25, 0.3) is 10.9 Å². The molecule has 0 fully saturated rings. The van der Waals surface area contributed by atoms with Gasteiger partial charge in [0.1, 0.15) is 0 Å². The number of fused-ring (bicyclic) bond motifs is 1. The number of aryl methyl sites for hydroxylation is 1. The number of nitrogens with two attached hydrogens (primary N) is 1. The maximum Gasteiger partial charge on any atom is 0.0690 e. The first-order valence-corrected chi connectivity index (χ1v) is 3.61. The molecular weight excluding hydrogens is 136 g/mol. The molecule has 1 heterocycles. The summed E-state index contributed by atoms with van der Waals surface area (Å²) < 4.78 is 0. The molecule has 1 aromatic heterocycles. The van der Waals surface area contributed by atoms with Gasteiger partial charge in [-0.05, 0) is 18.6 Å². The minimum Gasteiger partial charge on any atom is -0.397 e. The molecule has 0 aliphatic rings. The SMILES string of the molecule is Cc1ccc2cc[nH]c2c1N. The Labute approximate surface area is 65.0 Å². The second-order valence-electron chi connectivity index (χ2n) is 2.74. The molecule has 2 rings (SSSR count). The lowest BCUT2D eigenvalue weighted by molar-refractivity contribution is 1.44. The van der Waals surface area contributed by atoms with Crippen LogP contribution in [-0.2, 0) is 0 Å². The van der Waals surface area contributed by atoms with Crippen molar-refractivity contribution in [3.63, 3.8) is 0 Å². The quantitative estimate of drug-likeness (QED) is 0.549. The van der Waals surface area contributed by atoms with E-state index < -0.39 is 0 Å². The van der Waals surface area contributed by atoms with Crippen LogP contribution in [-0.4, -0.2) is 4.98 Å². The van der Waals surface area contributed by atoms with E-state index in [1.54, 1.807) is 0 Å². The van der Waals surface area contributed by atoms with Gasteiger partial charge in [0.05, 0.1) is 11.2 Å². The predicted octanol–water partition coefficient (Wildman–Crippen LogP) is 2.06. The normalized spacial score (nSPS) is 10.6. The number of H-pyrrole nitrogens is 1. The predicted molar refractivity (Wildman–Crippen MR) is 47.4 cm³/mol.